The Morgan fingerprint density at radius 3 is 1.15 bits per heavy atom. The number of amides is 1. The van der Waals surface area contributed by atoms with Gasteiger partial charge in [0.15, 0.2) is 0 Å². The van der Waals surface area contributed by atoms with E-state index < -0.39 is 12.1 Å². The summed E-state index contributed by atoms with van der Waals surface area (Å²) in [7, 11) is 0. The Labute approximate surface area is 301 Å². The average molecular weight is 678 g/mol. The molecule has 0 bridgehead atoms. The third kappa shape index (κ3) is 36.4. The van der Waals surface area contributed by atoms with Crippen LogP contribution < -0.4 is 5.32 Å². The van der Waals surface area contributed by atoms with Crippen LogP contribution in [0.15, 0.2) is 12.2 Å². The minimum Gasteiger partial charge on any atom is -0.394 e. The van der Waals surface area contributed by atoms with Crippen LogP contribution in [-0.4, -0.2) is 34.9 Å². The third-order valence-electron chi connectivity index (χ3n) is 10.3. The number of carbonyl (C=O) groups is 1. The summed E-state index contributed by atoms with van der Waals surface area (Å²) in [5.74, 6) is -0.0292. The van der Waals surface area contributed by atoms with E-state index in [1.54, 1.807) is 0 Å². The molecule has 0 heterocycles. The molecule has 0 spiro atoms. The zero-order chi connectivity index (χ0) is 35.0. The molecule has 48 heavy (non-hydrogen) atoms. The molecule has 1 amide bonds. The number of aliphatic hydroxyl groups excluding tert-OH is 2. The number of unbranched alkanes of at least 4 members (excludes halogenated alkanes) is 31. The summed E-state index contributed by atoms with van der Waals surface area (Å²) in [5, 5.41) is 23.1. The van der Waals surface area contributed by atoms with E-state index >= 15 is 0 Å². The Bertz CT molecular complexity index is 651. The van der Waals surface area contributed by atoms with Crippen molar-refractivity contribution in [2.45, 2.75) is 257 Å². The number of carbonyl (C=O) groups excluding carboxylic acids is 1. The quantitative estimate of drug-likeness (QED) is 0.0446. The first-order valence-corrected chi connectivity index (χ1v) is 21.9. The van der Waals surface area contributed by atoms with Crippen LogP contribution in [0, 0.1) is 0 Å². The molecule has 0 unspecified atom stereocenters. The van der Waals surface area contributed by atoms with Crippen LogP contribution >= 0.6 is 0 Å². The van der Waals surface area contributed by atoms with Crippen molar-refractivity contribution in [3.05, 3.63) is 12.2 Å². The molecule has 0 aliphatic carbocycles. The average Bonchev–Trinajstić information content (AvgIpc) is 3.09. The van der Waals surface area contributed by atoms with Gasteiger partial charge in [-0.2, -0.15) is 0 Å². The molecular weight excluding hydrogens is 590 g/mol. The number of hydrogen-bond acceptors (Lipinski definition) is 3. The zero-order valence-electron chi connectivity index (χ0n) is 32.8. The van der Waals surface area contributed by atoms with E-state index in [9.17, 15) is 15.0 Å². The van der Waals surface area contributed by atoms with Crippen molar-refractivity contribution in [1.82, 2.24) is 5.32 Å². The Morgan fingerprint density at radius 2 is 0.792 bits per heavy atom. The zero-order valence-corrected chi connectivity index (χ0v) is 32.8. The van der Waals surface area contributed by atoms with Crippen molar-refractivity contribution in [3.63, 3.8) is 0 Å². The fourth-order valence-corrected chi connectivity index (χ4v) is 6.89. The molecule has 286 valence electrons. The molecule has 2 atom stereocenters. The third-order valence-corrected chi connectivity index (χ3v) is 10.3. The molecule has 0 aliphatic rings. The lowest BCUT2D eigenvalue weighted by Crippen LogP contribution is -2.45. The summed E-state index contributed by atoms with van der Waals surface area (Å²) < 4.78 is 0. The molecule has 0 aromatic heterocycles. The predicted octanol–water partition coefficient (Wildman–Crippen LogP) is 13.5. The van der Waals surface area contributed by atoms with Gasteiger partial charge in [-0.1, -0.05) is 212 Å². The second-order valence-electron chi connectivity index (χ2n) is 15.1. The minimum atomic E-state index is -0.654. The van der Waals surface area contributed by atoms with E-state index in [1.807, 2.05) is 0 Å². The van der Waals surface area contributed by atoms with Crippen LogP contribution in [0.1, 0.15) is 245 Å². The minimum absolute atomic E-state index is 0.0292. The molecule has 0 aromatic rings. The van der Waals surface area contributed by atoms with Crippen molar-refractivity contribution in [2.24, 2.45) is 0 Å². The van der Waals surface area contributed by atoms with Gasteiger partial charge in [0.25, 0.3) is 0 Å². The van der Waals surface area contributed by atoms with Crippen molar-refractivity contribution < 1.29 is 15.0 Å². The number of allylic oxidation sites excluding steroid dienone is 2. The normalized spacial score (nSPS) is 13.0. The van der Waals surface area contributed by atoms with Crippen LogP contribution in [0.3, 0.4) is 0 Å². The molecule has 0 aromatic carbocycles. The lowest BCUT2D eigenvalue weighted by atomic mass is 10.0. The predicted molar refractivity (Wildman–Crippen MR) is 212 cm³/mol. The molecule has 0 rings (SSSR count). The Kier molecular flexibility index (Phi) is 39.8. The van der Waals surface area contributed by atoms with Gasteiger partial charge >= 0.3 is 0 Å². The molecule has 3 N–H and O–H groups in total. The fraction of sp³-hybridized carbons (Fsp3) is 0.932. The van der Waals surface area contributed by atoms with Crippen LogP contribution in [0.25, 0.3) is 0 Å². The second-order valence-corrected chi connectivity index (χ2v) is 15.1. The maximum Gasteiger partial charge on any atom is 0.220 e. The SMILES string of the molecule is CCCCCCCC/C=C\CCCCCCCCCCCCCCCC(=O)N[C@@H](CO)[C@H](O)CCCCCCCCCCCCCCC. The van der Waals surface area contributed by atoms with E-state index in [2.05, 4.69) is 31.3 Å². The first-order chi connectivity index (χ1) is 23.7. The van der Waals surface area contributed by atoms with E-state index in [0.29, 0.717) is 12.8 Å². The van der Waals surface area contributed by atoms with Crippen LogP contribution in [0.2, 0.25) is 0 Å². The fourth-order valence-electron chi connectivity index (χ4n) is 6.89. The van der Waals surface area contributed by atoms with Crippen molar-refractivity contribution >= 4 is 5.91 Å². The summed E-state index contributed by atoms with van der Waals surface area (Å²) in [4.78, 5) is 12.4. The first-order valence-electron chi connectivity index (χ1n) is 21.9. The lowest BCUT2D eigenvalue weighted by Gasteiger charge is -2.22. The van der Waals surface area contributed by atoms with Gasteiger partial charge < -0.3 is 15.5 Å². The smallest absolute Gasteiger partial charge is 0.220 e. The van der Waals surface area contributed by atoms with Crippen LogP contribution in [-0.2, 0) is 4.79 Å². The van der Waals surface area contributed by atoms with Crippen molar-refractivity contribution in [3.8, 4) is 0 Å². The molecular formula is C44H87NO3. The summed E-state index contributed by atoms with van der Waals surface area (Å²) in [6.07, 6.45) is 50.0. The van der Waals surface area contributed by atoms with Gasteiger partial charge in [0.1, 0.15) is 0 Å². The Balaban J connectivity index is 3.46. The van der Waals surface area contributed by atoms with Gasteiger partial charge in [-0.3, -0.25) is 4.79 Å². The number of aliphatic hydroxyl groups is 2. The maximum atomic E-state index is 12.4. The molecule has 0 fully saturated rings. The Morgan fingerprint density at radius 1 is 0.479 bits per heavy atom. The molecule has 0 aliphatic heterocycles. The van der Waals surface area contributed by atoms with E-state index in [4.69, 9.17) is 0 Å². The van der Waals surface area contributed by atoms with Gasteiger partial charge in [0.2, 0.25) is 5.91 Å². The maximum absolute atomic E-state index is 12.4. The van der Waals surface area contributed by atoms with Gasteiger partial charge in [0, 0.05) is 6.42 Å². The highest BCUT2D eigenvalue weighted by molar-refractivity contribution is 5.76. The standard InChI is InChI=1S/C44H87NO3/c1-3-5-7-9-11-13-15-17-18-19-20-21-22-23-24-25-26-28-30-32-34-36-38-40-44(48)45-42(41-46)43(47)39-37-35-33-31-29-27-16-14-12-10-8-6-4-2/h17-18,42-43,46-47H,3-16,19-41H2,1-2H3,(H,45,48)/b18-17-/t42-,43+/m0/s1. The molecule has 0 saturated heterocycles. The second kappa shape index (κ2) is 40.6. The summed E-state index contributed by atoms with van der Waals surface area (Å²) in [5.41, 5.74) is 0. The molecule has 4 heteroatoms. The first kappa shape index (κ1) is 47.1. The van der Waals surface area contributed by atoms with Crippen LogP contribution in [0.4, 0.5) is 0 Å². The van der Waals surface area contributed by atoms with E-state index in [1.165, 1.54) is 193 Å². The van der Waals surface area contributed by atoms with Crippen molar-refractivity contribution in [1.29, 1.82) is 0 Å². The summed E-state index contributed by atoms with van der Waals surface area (Å²) in [6, 6.07) is -0.531. The Hall–Kier alpha value is -0.870. The highest BCUT2D eigenvalue weighted by Gasteiger charge is 2.20. The molecule has 0 saturated carbocycles. The van der Waals surface area contributed by atoms with Gasteiger partial charge in [-0.05, 0) is 38.5 Å². The highest BCUT2D eigenvalue weighted by Crippen LogP contribution is 2.16. The largest absolute Gasteiger partial charge is 0.394 e. The monoisotopic (exact) mass is 678 g/mol. The van der Waals surface area contributed by atoms with Gasteiger partial charge in [-0.25, -0.2) is 0 Å². The van der Waals surface area contributed by atoms with E-state index in [0.717, 1.165) is 25.7 Å². The van der Waals surface area contributed by atoms with Gasteiger partial charge in [-0.15, -0.1) is 0 Å². The molecule has 4 nitrogen and oxygen atoms in total. The number of rotatable bonds is 40. The highest BCUT2D eigenvalue weighted by atomic mass is 16.3. The summed E-state index contributed by atoms with van der Waals surface area (Å²) in [6.45, 7) is 4.36. The lowest BCUT2D eigenvalue weighted by molar-refractivity contribution is -0.123. The van der Waals surface area contributed by atoms with E-state index in [-0.39, 0.29) is 12.5 Å². The molecule has 0 radical (unpaired) electrons. The van der Waals surface area contributed by atoms with Gasteiger partial charge in [0.05, 0.1) is 18.8 Å². The van der Waals surface area contributed by atoms with Crippen LogP contribution in [0.5, 0.6) is 0 Å². The topological polar surface area (TPSA) is 69.6 Å². The summed E-state index contributed by atoms with van der Waals surface area (Å²) >= 11 is 0. The number of nitrogens with one attached hydrogen (secondary N) is 1. The number of hydrogen-bond donors (Lipinski definition) is 3. The van der Waals surface area contributed by atoms with Crippen molar-refractivity contribution in [2.75, 3.05) is 6.61 Å².